The summed E-state index contributed by atoms with van der Waals surface area (Å²) >= 11 is 1.81. The van der Waals surface area contributed by atoms with Crippen LogP contribution in [0.1, 0.15) is 36.1 Å². The molecule has 1 saturated heterocycles. The van der Waals surface area contributed by atoms with Gasteiger partial charge in [-0.2, -0.15) is 0 Å². The van der Waals surface area contributed by atoms with Gasteiger partial charge in [0.2, 0.25) is 5.91 Å². The van der Waals surface area contributed by atoms with Gasteiger partial charge >= 0.3 is 6.03 Å². The summed E-state index contributed by atoms with van der Waals surface area (Å²) in [4.78, 5) is 39.5. The minimum atomic E-state index is -0.237. The molecule has 2 aliphatic heterocycles. The van der Waals surface area contributed by atoms with E-state index in [0.717, 1.165) is 42.5 Å². The summed E-state index contributed by atoms with van der Waals surface area (Å²) in [6.07, 6.45) is 7.58. The lowest BCUT2D eigenvalue weighted by atomic mass is 9.71. The van der Waals surface area contributed by atoms with Crippen LogP contribution >= 0.6 is 11.3 Å². The van der Waals surface area contributed by atoms with E-state index < -0.39 is 0 Å². The molecule has 2 N–H and O–H groups in total. The third-order valence-electron chi connectivity index (χ3n) is 7.93. The summed E-state index contributed by atoms with van der Waals surface area (Å²) in [5.41, 5.74) is 3.05. The number of benzene rings is 1. The third kappa shape index (κ3) is 3.61. The van der Waals surface area contributed by atoms with Crippen LogP contribution in [0, 0.1) is 0 Å². The lowest BCUT2D eigenvalue weighted by molar-refractivity contribution is -0.115. The van der Waals surface area contributed by atoms with Gasteiger partial charge in [-0.15, -0.1) is 11.3 Å². The van der Waals surface area contributed by atoms with Crippen molar-refractivity contribution in [1.29, 1.82) is 0 Å². The van der Waals surface area contributed by atoms with Crippen molar-refractivity contribution in [2.24, 2.45) is 0 Å². The van der Waals surface area contributed by atoms with Gasteiger partial charge in [0.25, 0.3) is 0 Å². The maximum absolute atomic E-state index is 13.0. The van der Waals surface area contributed by atoms with E-state index in [1.165, 1.54) is 4.88 Å². The van der Waals surface area contributed by atoms with Crippen LogP contribution in [0.3, 0.4) is 0 Å². The zero-order valence-corrected chi connectivity index (χ0v) is 20.7. The molecule has 8 nitrogen and oxygen atoms in total. The number of hydrogen-bond acceptors (Lipinski definition) is 6. The fourth-order valence-electron chi connectivity index (χ4n) is 5.86. The Balaban J connectivity index is 1.20. The summed E-state index contributed by atoms with van der Waals surface area (Å²) in [6, 6.07) is 9.97. The summed E-state index contributed by atoms with van der Waals surface area (Å²) < 4.78 is 0. The molecule has 0 bridgehead atoms. The second kappa shape index (κ2) is 8.13. The monoisotopic (exact) mass is 488 g/mol. The number of anilines is 2. The van der Waals surface area contributed by atoms with Gasteiger partial charge < -0.3 is 10.6 Å². The average Bonchev–Trinajstić information content (AvgIpc) is 3.59. The molecule has 0 unspecified atom stereocenters. The van der Waals surface area contributed by atoms with Crippen molar-refractivity contribution < 1.29 is 9.59 Å². The standard InChI is InChI=1S/C26H28N6O2S/c1-31(2)26(21-7-4-12-35-21)10-8-25(9-11-26)16-32(24(34)30-25)17-14-27-23(28-15-17)18-5-3-6-20-19(18)13-22(33)29-20/h3-7,12,14-15H,8-11,13,16H2,1-2H3,(H,29,33)(H,30,34)/t25-,26-. The van der Waals surface area contributed by atoms with Crippen LogP contribution in [-0.4, -0.2) is 53.0 Å². The van der Waals surface area contributed by atoms with Crippen LogP contribution in [-0.2, 0) is 16.8 Å². The average molecular weight is 489 g/mol. The molecule has 0 radical (unpaired) electrons. The summed E-state index contributed by atoms with van der Waals surface area (Å²) in [5, 5.41) is 8.31. The van der Waals surface area contributed by atoms with E-state index in [9.17, 15) is 9.59 Å². The molecule has 4 heterocycles. The molecule has 180 valence electrons. The highest BCUT2D eigenvalue weighted by atomic mass is 32.1. The maximum atomic E-state index is 13.0. The zero-order valence-electron chi connectivity index (χ0n) is 19.9. The number of nitrogens with one attached hydrogen (secondary N) is 2. The first-order chi connectivity index (χ1) is 16.9. The van der Waals surface area contributed by atoms with Crippen LogP contribution in [0.5, 0.6) is 0 Å². The Labute approximate surface area is 208 Å². The van der Waals surface area contributed by atoms with E-state index in [-0.39, 0.29) is 23.0 Å². The number of carbonyl (C=O) groups excluding carboxylic acids is 2. The molecule has 2 fully saturated rings. The highest BCUT2D eigenvalue weighted by molar-refractivity contribution is 7.10. The number of aromatic nitrogens is 2. The summed E-state index contributed by atoms with van der Waals surface area (Å²) in [7, 11) is 4.31. The van der Waals surface area contributed by atoms with Crippen LogP contribution in [0.2, 0.25) is 0 Å². The normalized spacial score (nSPS) is 25.7. The van der Waals surface area contributed by atoms with Crippen molar-refractivity contribution >= 4 is 34.6 Å². The number of thiophene rings is 1. The molecule has 3 aromatic rings. The van der Waals surface area contributed by atoms with E-state index in [0.29, 0.717) is 24.5 Å². The predicted octanol–water partition coefficient (Wildman–Crippen LogP) is 4.00. The first kappa shape index (κ1) is 22.2. The first-order valence-electron chi connectivity index (χ1n) is 11.9. The van der Waals surface area contributed by atoms with Crippen LogP contribution in [0.25, 0.3) is 11.4 Å². The first-order valence-corrected chi connectivity index (χ1v) is 12.8. The van der Waals surface area contributed by atoms with Gasteiger partial charge in [0.1, 0.15) is 0 Å². The maximum Gasteiger partial charge on any atom is 0.322 e. The number of nitrogens with zero attached hydrogens (tertiary/aromatic N) is 4. The van der Waals surface area contributed by atoms with Crippen molar-refractivity contribution in [3.8, 4) is 11.4 Å². The van der Waals surface area contributed by atoms with Crippen molar-refractivity contribution in [1.82, 2.24) is 20.2 Å². The lowest BCUT2D eigenvalue weighted by Crippen LogP contribution is -2.53. The highest BCUT2D eigenvalue weighted by Crippen LogP contribution is 2.47. The number of amides is 3. The second-order valence-corrected chi connectivity index (χ2v) is 11.0. The minimum Gasteiger partial charge on any atom is -0.330 e. The van der Waals surface area contributed by atoms with E-state index in [2.05, 4.69) is 57.1 Å². The molecule has 1 spiro atoms. The molecule has 35 heavy (non-hydrogen) atoms. The van der Waals surface area contributed by atoms with E-state index in [1.54, 1.807) is 17.3 Å². The van der Waals surface area contributed by atoms with Crippen LogP contribution in [0.4, 0.5) is 16.2 Å². The Bertz CT molecular complexity index is 1280. The van der Waals surface area contributed by atoms with Gasteiger partial charge in [-0.3, -0.25) is 14.6 Å². The van der Waals surface area contributed by atoms with Gasteiger partial charge in [-0.05, 0) is 62.9 Å². The molecule has 3 amide bonds. The van der Waals surface area contributed by atoms with E-state index in [1.807, 2.05) is 29.5 Å². The molecular formula is C26H28N6O2S. The fraction of sp³-hybridized carbons (Fsp3) is 0.385. The number of urea groups is 1. The SMILES string of the molecule is CN(C)[C@]1(c2cccs2)CC[C@@]2(CC1)CN(c1cnc(-c3cccc4c3CC(=O)N4)nc1)C(=O)N2. The van der Waals surface area contributed by atoms with Gasteiger partial charge in [0.05, 0.1) is 42.1 Å². The Morgan fingerprint density at radius 3 is 2.49 bits per heavy atom. The quantitative estimate of drug-likeness (QED) is 0.579. The van der Waals surface area contributed by atoms with Gasteiger partial charge in [-0.1, -0.05) is 18.2 Å². The Hall–Kier alpha value is -3.30. The van der Waals surface area contributed by atoms with Crippen molar-refractivity contribution in [2.45, 2.75) is 43.2 Å². The Morgan fingerprint density at radius 1 is 1.03 bits per heavy atom. The van der Waals surface area contributed by atoms with E-state index >= 15 is 0 Å². The van der Waals surface area contributed by atoms with Gasteiger partial charge in [0, 0.05) is 16.1 Å². The lowest BCUT2D eigenvalue weighted by Gasteiger charge is -2.47. The Kier molecular flexibility index (Phi) is 5.16. The van der Waals surface area contributed by atoms with Crippen LogP contribution in [0.15, 0.2) is 48.1 Å². The Morgan fingerprint density at radius 2 is 1.80 bits per heavy atom. The smallest absolute Gasteiger partial charge is 0.322 e. The van der Waals surface area contributed by atoms with Crippen LogP contribution < -0.4 is 15.5 Å². The molecule has 2 aromatic heterocycles. The van der Waals surface area contributed by atoms with Crippen molar-refractivity contribution in [2.75, 3.05) is 30.9 Å². The number of rotatable bonds is 4. The molecule has 1 aromatic carbocycles. The predicted molar refractivity (Wildman–Crippen MR) is 137 cm³/mol. The highest BCUT2D eigenvalue weighted by Gasteiger charge is 2.50. The second-order valence-electron chi connectivity index (χ2n) is 10.0. The largest absolute Gasteiger partial charge is 0.330 e. The zero-order chi connectivity index (χ0) is 24.2. The number of fused-ring (bicyclic) bond motifs is 1. The molecule has 0 atom stereocenters. The van der Waals surface area contributed by atoms with E-state index in [4.69, 9.17) is 0 Å². The molecule has 1 saturated carbocycles. The molecule has 9 heteroatoms. The topological polar surface area (TPSA) is 90.5 Å². The fourth-order valence-corrected chi connectivity index (χ4v) is 6.92. The minimum absolute atomic E-state index is 0.0204. The summed E-state index contributed by atoms with van der Waals surface area (Å²) in [6.45, 7) is 0.613. The number of carbonyl (C=O) groups is 2. The molecule has 3 aliphatic rings. The molecule has 6 rings (SSSR count). The number of hydrogen-bond donors (Lipinski definition) is 2. The van der Waals surface area contributed by atoms with Crippen molar-refractivity contribution in [3.05, 3.63) is 58.5 Å². The molecular weight excluding hydrogens is 460 g/mol. The van der Waals surface area contributed by atoms with Crippen molar-refractivity contribution in [3.63, 3.8) is 0 Å². The van der Waals surface area contributed by atoms with Gasteiger partial charge in [-0.25, -0.2) is 14.8 Å². The third-order valence-corrected chi connectivity index (χ3v) is 8.99. The van der Waals surface area contributed by atoms with Gasteiger partial charge in [0.15, 0.2) is 5.82 Å². The summed E-state index contributed by atoms with van der Waals surface area (Å²) in [5.74, 6) is 0.536. The molecule has 1 aliphatic carbocycles.